The fraction of sp³-hybridized carbons (Fsp3) is 0.263. The number of carbonyl (C=O) groups excluding carboxylic acids is 1. The van der Waals surface area contributed by atoms with E-state index in [2.05, 4.69) is 10.3 Å². The zero-order valence-corrected chi connectivity index (χ0v) is 15.2. The molecule has 3 aromatic rings. The van der Waals surface area contributed by atoms with Crippen molar-refractivity contribution in [1.82, 2.24) is 14.7 Å². The maximum atomic E-state index is 12.3. The van der Waals surface area contributed by atoms with E-state index in [1.54, 1.807) is 14.2 Å². The first kappa shape index (κ1) is 16.7. The molecular weight excluding hydrogens is 354 g/mol. The monoisotopic (exact) mass is 371 g/mol. The van der Waals surface area contributed by atoms with Gasteiger partial charge in [-0.05, 0) is 23.8 Å². The standard InChI is InChI=1S/C19H18ClN3O3/c1-25-14-7-6-11(17(20)19(14)26-2)12-9-16(24)21-10-13-18(12)23-8-4-3-5-15(23)22-13/h3-8,12H,9-10H2,1-2H3,(H,21,24)/t12-/m0/s1. The van der Waals surface area contributed by atoms with Gasteiger partial charge in [-0.15, -0.1) is 0 Å². The summed E-state index contributed by atoms with van der Waals surface area (Å²) in [6.45, 7) is 0.400. The van der Waals surface area contributed by atoms with Crippen molar-refractivity contribution in [3.05, 3.63) is 58.5 Å². The first-order valence-corrected chi connectivity index (χ1v) is 8.64. The summed E-state index contributed by atoms with van der Waals surface area (Å²) in [6.07, 6.45) is 2.24. The van der Waals surface area contributed by atoms with E-state index in [0.717, 1.165) is 22.6 Å². The molecule has 26 heavy (non-hydrogen) atoms. The summed E-state index contributed by atoms with van der Waals surface area (Å²) in [6, 6.07) is 9.54. The van der Waals surface area contributed by atoms with E-state index < -0.39 is 0 Å². The lowest BCUT2D eigenvalue weighted by Gasteiger charge is -2.20. The minimum Gasteiger partial charge on any atom is -0.493 e. The van der Waals surface area contributed by atoms with Gasteiger partial charge in [-0.1, -0.05) is 23.7 Å². The largest absolute Gasteiger partial charge is 0.493 e. The summed E-state index contributed by atoms with van der Waals surface area (Å²) in [5, 5.41) is 3.37. The Balaban J connectivity index is 1.95. The van der Waals surface area contributed by atoms with Crippen molar-refractivity contribution >= 4 is 23.2 Å². The molecule has 6 nitrogen and oxygen atoms in total. The Labute approximate surface area is 155 Å². The number of halogens is 1. The van der Waals surface area contributed by atoms with Crippen LogP contribution in [0.2, 0.25) is 5.02 Å². The highest BCUT2D eigenvalue weighted by atomic mass is 35.5. The highest BCUT2D eigenvalue weighted by molar-refractivity contribution is 6.33. The second-order valence-corrected chi connectivity index (χ2v) is 6.49. The van der Waals surface area contributed by atoms with Crippen LogP contribution in [0.5, 0.6) is 11.5 Å². The summed E-state index contributed by atoms with van der Waals surface area (Å²) in [7, 11) is 3.11. The highest BCUT2D eigenvalue weighted by Gasteiger charge is 2.31. The zero-order valence-electron chi connectivity index (χ0n) is 14.5. The van der Waals surface area contributed by atoms with E-state index >= 15 is 0 Å². The first-order valence-electron chi connectivity index (χ1n) is 8.27. The number of nitrogens with one attached hydrogen (secondary N) is 1. The number of ether oxygens (including phenoxy) is 2. The number of hydrogen-bond acceptors (Lipinski definition) is 4. The molecule has 7 heteroatoms. The molecular formula is C19H18ClN3O3. The first-order chi connectivity index (χ1) is 12.6. The van der Waals surface area contributed by atoms with Gasteiger partial charge in [0.25, 0.3) is 0 Å². The van der Waals surface area contributed by atoms with Crippen molar-refractivity contribution in [2.45, 2.75) is 18.9 Å². The van der Waals surface area contributed by atoms with Gasteiger partial charge in [0, 0.05) is 18.5 Å². The maximum absolute atomic E-state index is 12.3. The lowest BCUT2D eigenvalue weighted by Crippen LogP contribution is -2.21. The second-order valence-electron chi connectivity index (χ2n) is 6.11. The summed E-state index contributed by atoms with van der Waals surface area (Å²) >= 11 is 6.65. The molecule has 1 atom stereocenters. The number of hydrogen-bond donors (Lipinski definition) is 1. The number of rotatable bonds is 3. The van der Waals surface area contributed by atoms with Crippen molar-refractivity contribution < 1.29 is 14.3 Å². The van der Waals surface area contributed by atoms with Gasteiger partial charge in [0.05, 0.1) is 37.2 Å². The SMILES string of the molecule is COc1ccc([C@@H]2CC(=O)NCc3nc4ccccn4c32)c(Cl)c1OC. The third kappa shape index (κ3) is 2.57. The normalized spacial score (nSPS) is 16.7. The number of fused-ring (bicyclic) bond motifs is 3. The van der Waals surface area contributed by atoms with Crippen LogP contribution in [0.1, 0.15) is 29.3 Å². The van der Waals surface area contributed by atoms with Crippen molar-refractivity contribution in [2.75, 3.05) is 14.2 Å². The zero-order chi connectivity index (χ0) is 18.3. The Hall–Kier alpha value is -2.73. The Morgan fingerprint density at radius 1 is 1.23 bits per heavy atom. The predicted molar refractivity (Wildman–Crippen MR) is 98.1 cm³/mol. The van der Waals surface area contributed by atoms with Crippen LogP contribution in [0.15, 0.2) is 36.5 Å². The quantitative estimate of drug-likeness (QED) is 0.768. The third-order valence-electron chi connectivity index (χ3n) is 4.71. The Bertz CT molecular complexity index is 999. The second kappa shape index (κ2) is 6.53. The molecule has 1 N–H and O–H groups in total. The molecule has 0 radical (unpaired) electrons. The van der Waals surface area contributed by atoms with Crippen LogP contribution in [0.4, 0.5) is 0 Å². The molecule has 0 spiro atoms. The molecule has 4 rings (SSSR count). The van der Waals surface area contributed by atoms with Gasteiger partial charge in [-0.2, -0.15) is 0 Å². The summed E-state index contributed by atoms with van der Waals surface area (Å²) < 4.78 is 12.8. The van der Waals surface area contributed by atoms with Gasteiger partial charge in [-0.3, -0.25) is 4.79 Å². The Kier molecular flexibility index (Phi) is 4.20. The molecule has 1 aromatic carbocycles. The summed E-state index contributed by atoms with van der Waals surface area (Å²) in [5.74, 6) is 0.741. The molecule has 1 aliphatic heterocycles. The topological polar surface area (TPSA) is 64.9 Å². The number of nitrogens with zero attached hydrogens (tertiary/aromatic N) is 2. The van der Waals surface area contributed by atoms with E-state index in [0.29, 0.717) is 23.1 Å². The van der Waals surface area contributed by atoms with Crippen LogP contribution in [-0.4, -0.2) is 29.5 Å². The average Bonchev–Trinajstić information content (AvgIpc) is 2.94. The van der Waals surface area contributed by atoms with Crippen molar-refractivity contribution in [3.63, 3.8) is 0 Å². The van der Waals surface area contributed by atoms with Gasteiger partial charge in [0.15, 0.2) is 11.5 Å². The van der Waals surface area contributed by atoms with E-state index in [1.807, 2.05) is 40.9 Å². The molecule has 0 unspecified atom stereocenters. The van der Waals surface area contributed by atoms with E-state index in [4.69, 9.17) is 21.1 Å². The van der Waals surface area contributed by atoms with E-state index in [9.17, 15) is 4.79 Å². The molecule has 2 aromatic heterocycles. The van der Waals surface area contributed by atoms with Crippen molar-refractivity contribution in [1.29, 1.82) is 0 Å². The van der Waals surface area contributed by atoms with Crippen LogP contribution in [0.3, 0.4) is 0 Å². The molecule has 0 fully saturated rings. The highest BCUT2D eigenvalue weighted by Crippen LogP contribution is 2.44. The van der Waals surface area contributed by atoms with Crippen LogP contribution >= 0.6 is 11.6 Å². The number of amides is 1. The lowest BCUT2D eigenvalue weighted by atomic mass is 9.91. The fourth-order valence-electron chi connectivity index (χ4n) is 3.53. The fourth-order valence-corrected chi connectivity index (χ4v) is 3.89. The van der Waals surface area contributed by atoms with Crippen LogP contribution < -0.4 is 14.8 Å². The number of aromatic nitrogens is 2. The third-order valence-corrected chi connectivity index (χ3v) is 5.10. The summed E-state index contributed by atoms with van der Waals surface area (Å²) in [4.78, 5) is 17.0. The number of carbonyl (C=O) groups is 1. The minimum absolute atomic E-state index is 0.0384. The molecule has 3 heterocycles. The lowest BCUT2D eigenvalue weighted by molar-refractivity contribution is -0.121. The number of imidazole rings is 1. The van der Waals surface area contributed by atoms with Gasteiger partial charge >= 0.3 is 0 Å². The predicted octanol–water partition coefficient (Wildman–Crippen LogP) is 3.16. The van der Waals surface area contributed by atoms with Gasteiger partial charge in [-0.25, -0.2) is 4.98 Å². The minimum atomic E-state index is -0.239. The molecule has 1 amide bonds. The van der Waals surface area contributed by atoms with Crippen LogP contribution in [0.25, 0.3) is 5.65 Å². The van der Waals surface area contributed by atoms with Gasteiger partial charge in [0.2, 0.25) is 5.91 Å². The molecule has 1 aliphatic rings. The summed E-state index contributed by atoms with van der Waals surface area (Å²) in [5.41, 5.74) is 3.47. The molecule has 0 bridgehead atoms. The smallest absolute Gasteiger partial charge is 0.221 e. The molecule has 134 valence electrons. The molecule has 0 saturated heterocycles. The van der Waals surface area contributed by atoms with E-state index in [-0.39, 0.29) is 18.2 Å². The van der Waals surface area contributed by atoms with Crippen molar-refractivity contribution in [3.8, 4) is 11.5 Å². The Morgan fingerprint density at radius 2 is 2.08 bits per heavy atom. The average molecular weight is 372 g/mol. The molecule has 0 saturated carbocycles. The van der Waals surface area contributed by atoms with Crippen LogP contribution in [0, 0.1) is 0 Å². The number of benzene rings is 1. The van der Waals surface area contributed by atoms with Gasteiger partial charge in [0.1, 0.15) is 5.65 Å². The number of methoxy groups -OCH3 is 2. The number of pyridine rings is 1. The Morgan fingerprint density at radius 3 is 2.85 bits per heavy atom. The van der Waals surface area contributed by atoms with Gasteiger partial charge < -0.3 is 19.2 Å². The maximum Gasteiger partial charge on any atom is 0.221 e. The van der Waals surface area contributed by atoms with Crippen LogP contribution in [-0.2, 0) is 11.3 Å². The molecule has 0 aliphatic carbocycles. The van der Waals surface area contributed by atoms with Crippen molar-refractivity contribution in [2.24, 2.45) is 0 Å². The van der Waals surface area contributed by atoms with E-state index in [1.165, 1.54) is 0 Å².